The number of methoxy groups -OCH3 is 1. The zero-order chi connectivity index (χ0) is 19.0. The fourth-order valence-corrected chi connectivity index (χ4v) is 3.56. The number of ether oxygens (including phenoxy) is 1. The van der Waals surface area contributed by atoms with Gasteiger partial charge < -0.3 is 19.8 Å². The number of aliphatic hydroxyl groups excluding tert-OH is 2. The van der Waals surface area contributed by atoms with Gasteiger partial charge in [-0.25, -0.2) is 4.98 Å². The average molecular weight is 361 g/mol. The lowest BCUT2D eigenvalue weighted by molar-refractivity contribution is 0.0572. The summed E-state index contributed by atoms with van der Waals surface area (Å²) in [5, 5.41) is 31.3. The maximum atomic E-state index is 9.94. The van der Waals surface area contributed by atoms with Crippen molar-refractivity contribution in [1.82, 2.24) is 4.98 Å². The molecule has 136 valence electrons. The highest BCUT2D eigenvalue weighted by molar-refractivity contribution is 6.04. The number of β-amino-alcohol motifs (C(OH)–C–C–N with tert-alkyl or cyclic N) is 2. The number of hydrogen-bond acceptors (Lipinski definition) is 6. The first kappa shape index (κ1) is 17.3. The third kappa shape index (κ3) is 2.97. The number of nitrogens with zero attached hydrogens (tertiary/aromatic N) is 3. The van der Waals surface area contributed by atoms with Crippen LogP contribution in [0.15, 0.2) is 48.5 Å². The first-order valence-corrected chi connectivity index (χ1v) is 8.70. The largest absolute Gasteiger partial charge is 0.497 e. The molecule has 6 nitrogen and oxygen atoms in total. The van der Waals surface area contributed by atoms with Crippen LogP contribution in [0.1, 0.15) is 5.69 Å². The number of rotatable bonds is 3. The number of aliphatic hydroxyl groups is 2. The summed E-state index contributed by atoms with van der Waals surface area (Å²) in [6.07, 6.45) is -1.67. The molecule has 1 fully saturated rings. The summed E-state index contributed by atoms with van der Waals surface area (Å²) in [5.74, 6) is 1.27. The van der Waals surface area contributed by atoms with Gasteiger partial charge in [-0.2, -0.15) is 5.26 Å². The molecule has 27 heavy (non-hydrogen) atoms. The highest BCUT2D eigenvalue weighted by Gasteiger charge is 2.32. The van der Waals surface area contributed by atoms with E-state index in [1.165, 1.54) is 0 Å². The van der Waals surface area contributed by atoms with Crippen LogP contribution in [0, 0.1) is 11.3 Å². The highest BCUT2D eigenvalue weighted by atomic mass is 16.5. The monoisotopic (exact) mass is 361 g/mol. The number of anilines is 1. The van der Waals surface area contributed by atoms with Crippen LogP contribution in [0.4, 0.5) is 5.82 Å². The van der Waals surface area contributed by atoms with E-state index in [2.05, 4.69) is 11.1 Å². The molecule has 3 aromatic rings. The van der Waals surface area contributed by atoms with Crippen LogP contribution in [0.5, 0.6) is 5.75 Å². The van der Waals surface area contributed by atoms with Crippen LogP contribution >= 0.6 is 0 Å². The minimum absolute atomic E-state index is 0.269. The molecule has 0 amide bonds. The van der Waals surface area contributed by atoms with Gasteiger partial charge in [0.2, 0.25) is 0 Å². The van der Waals surface area contributed by atoms with Crippen molar-refractivity contribution in [3.05, 3.63) is 54.2 Å². The molecule has 0 unspecified atom stereocenters. The van der Waals surface area contributed by atoms with Crippen molar-refractivity contribution in [1.29, 1.82) is 5.26 Å². The quantitative estimate of drug-likeness (QED) is 0.744. The summed E-state index contributed by atoms with van der Waals surface area (Å²) in [4.78, 5) is 6.42. The molecule has 0 radical (unpaired) electrons. The molecular weight excluding hydrogens is 342 g/mol. The summed E-state index contributed by atoms with van der Waals surface area (Å²) in [6.45, 7) is 0.537. The predicted octanol–water partition coefficient (Wildman–Crippen LogP) is 2.32. The molecule has 2 aromatic carbocycles. The Morgan fingerprint density at radius 2 is 1.78 bits per heavy atom. The molecule has 6 heteroatoms. The SMILES string of the molecule is COc1ccc2c(N3C[C@@H](O)[C@@H](O)C3)nc(C#N)c(-c3ccccc3)c2c1. The number of nitriles is 1. The van der Waals surface area contributed by atoms with Crippen molar-refractivity contribution >= 4 is 16.6 Å². The molecule has 1 aliphatic rings. The van der Waals surface area contributed by atoms with Crippen LogP contribution < -0.4 is 9.64 Å². The van der Waals surface area contributed by atoms with E-state index < -0.39 is 12.2 Å². The van der Waals surface area contributed by atoms with Gasteiger partial charge in [-0.1, -0.05) is 30.3 Å². The first-order valence-electron chi connectivity index (χ1n) is 8.70. The van der Waals surface area contributed by atoms with Crippen LogP contribution in [0.3, 0.4) is 0 Å². The van der Waals surface area contributed by atoms with Crippen LogP contribution in [0.2, 0.25) is 0 Å². The van der Waals surface area contributed by atoms with Crippen molar-refractivity contribution in [2.45, 2.75) is 12.2 Å². The van der Waals surface area contributed by atoms with E-state index >= 15 is 0 Å². The number of pyridine rings is 1. The third-order valence-corrected chi connectivity index (χ3v) is 4.92. The predicted molar refractivity (Wildman–Crippen MR) is 103 cm³/mol. The van der Waals surface area contributed by atoms with Gasteiger partial charge >= 0.3 is 0 Å². The average Bonchev–Trinajstić information content (AvgIpc) is 3.05. The summed E-state index contributed by atoms with van der Waals surface area (Å²) in [6, 6.07) is 17.5. The Kier molecular flexibility index (Phi) is 4.40. The zero-order valence-electron chi connectivity index (χ0n) is 14.8. The smallest absolute Gasteiger partial charge is 0.151 e. The summed E-state index contributed by atoms with van der Waals surface area (Å²) >= 11 is 0. The Morgan fingerprint density at radius 1 is 1.07 bits per heavy atom. The molecule has 0 aliphatic carbocycles. The van der Waals surface area contributed by atoms with Crippen LogP contribution in [0.25, 0.3) is 21.9 Å². The van der Waals surface area contributed by atoms with E-state index in [1.54, 1.807) is 7.11 Å². The molecule has 0 spiro atoms. The molecule has 2 atom stereocenters. The highest BCUT2D eigenvalue weighted by Crippen LogP contribution is 2.38. The second kappa shape index (κ2) is 6.88. The van der Waals surface area contributed by atoms with Crippen molar-refractivity contribution in [2.24, 2.45) is 0 Å². The standard InChI is InChI=1S/C21H19N3O3/c1-27-14-7-8-15-16(9-14)20(13-5-3-2-4-6-13)17(10-22)23-21(15)24-11-18(25)19(26)12-24/h2-9,18-19,25-26H,11-12H2,1H3/t18-,19+. The van der Waals surface area contributed by atoms with Crippen molar-refractivity contribution < 1.29 is 14.9 Å². The fraction of sp³-hybridized carbons (Fsp3) is 0.238. The molecule has 1 saturated heterocycles. The lowest BCUT2D eigenvalue weighted by atomic mass is 9.96. The van der Waals surface area contributed by atoms with E-state index in [0.717, 1.165) is 21.9 Å². The first-order chi connectivity index (χ1) is 13.1. The van der Waals surface area contributed by atoms with Gasteiger partial charge in [0, 0.05) is 24.0 Å². The van der Waals surface area contributed by atoms with E-state index in [4.69, 9.17) is 4.74 Å². The Hall–Kier alpha value is -3.14. The number of benzene rings is 2. The van der Waals surface area contributed by atoms with Crippen LogP contribution in [-0.4, -0.2) is 47.6 Å². The van der Waals surface area contributed by atoms with E-state index in [0.29, 0.717) is 17.3 Å². The molecular formula is C21H19N3O3. The summed E-state index contributed by atoms with van der Waals surface area (Å²) in [5.41, 5.74) is 1.94. The maximum absolute atomic E-state index is 9.94. The maximum Gasteiger partial charge on any atom is 0.151 e. The van der Waals surface area contributed by atoms with Crippen LogP contribution in [-0.2, 0) is 0 Å². The fourth-order valence-electron chi connectivity index (χ4n) is 3.56. The molecule has 1 aliphatic heterocycles. The topological polar surface area (TPSA) is 89.6 Å². The van der Waals surface area contributed by atoms with Crippen molar-refractivity contribution in [3.8, 4) is 22.9 Å². The lowest BCUT2D eigenvalue weighted by Crippen LogP contribution is -2.23. The molecule has 0 bridgehead atoms. The third-order valence-electron chi connectivity index (χ3n) is 4.92. The number of hydrogen-bond donors (Lipinski definition) is 2. The second-order valence-corrected chi connectivity index (χ2v) is 6.59. The van der Waals surface area contributed by atoms with E-state index in [9.17, 15) is 15.5 Å². The lowest BCUT2D eigenvalue weighted by Gasteiger charge is -2.21. The Morgan fingerprint density at radius 3 is 2.41 bits per heavy atom. The molecule has 4 rings (SSSR count). The van der Waals surface area contributed by atoms with Gasteiger partial charge in [0.1, 0.15) is 17.6 Å². The van der Waals surface area contributed by atoms with Crippen molar-refractivity contribution in [2.75, 3.05) is 25.1 Å². The minimum atomic E-state index is -0.834. The molecule has 1 aromatic heterocycles. The summed E-state index contributed by atoms with van der Waals surface area (Å²) in [7, 11) is 1.60. The Balaban J connectivity index is 2.01. The van der Waals surface area contributed by atoms with Gasteiger partial charge in [0.05, 0.1) is 19.3 Å². The van der Waals surface area contributed by atoms with E-state index in [-0.39, 0.29) is 13.1 Å². The number of aromatic nitrogens is 1. The number of fused-ring (bicyclic) bond motifs is 1. The molecule has 2 N–H and O–H groups in total. The Bertz CT molecular complexity index is 1020. The minimum Gasteiger partial charge on any atom is -0.497 e. The second-order valence-electron chi connectivity index (χ2n) is 6.59. The van der Waals surface area contributed by atoms with Crippen molar-refractivity contribution in [3.63, 3.8) is 0 Å². The summed E-state index contributed by atoms with van der Waals surface area (Å²) < 4.78 is 5.39. The van der Waals surface area contributed by atoms with E-state index in [1.807, 2.05) is 53.4 Å². The zero-order valence-corrected chi connectivity index (χ0v) is 14.8. The molecule has 0 saturated carbocycles. The van der Waals surface area contributed by atoms with Gasteiger partial charge in [-0.05, 0) is 29.1 Å². The normalized spacial score (nSPS) is 19.3. The molecule has 2 heterocycles. The van der Waals surface area contributed by atoms with Gasteiger partial charge in [0.15, 0.2) is 5.69 Å². The van der Waals surface area contributed by atoms with Gasteiger partial charge in [-0.3, -0.25) is 0 Å². The van der Waals surface area contributed by atoms with Gasteiger partial charge in [0.25, 0.3) is 0 Å². The van der Waals surface area contributed by atoms with Gasteiger partial charge in [-0.15, -0.1) is 0 Å². The Labute approximate surface area is 156 Å².